The zero-order valence-corrected chi connectivity index (χ0v) is 11.6. The summed E-state index contributed by atoms with van der Waals surface area (Å²) in [5.41, 5.74) is 1.69. The summed E-state index contributed by atoms with van der Waals surface area (Å²) < 4.78 is 26.5. The van der Waals surface area contributed by atoms with Gasteiger partial charge in [0.1, 0.15) is 11.6 Å². The second-order valence-corrected chi connectivity index (χ2v) is 4.66. The predicted molar refractivity (Wildman–Crippen MR) is 78.4 cm³/mol. The molecule has 0 aliphatic carbocycles. The summed E-state index contributed by atoms with van der Waals surface area (Å²) in [6.45, 7) is 1.96. The highest BCUT2D eigenvalue weighted by atomic mass is 19.1. The maximum Gasteiger partial charge on any atom is 0.244 e. The Balaban J connectivity index is 1.93. The molecule has 0 heterocycles. The first-order valence-electron chi connectivity index (χ1n) is 6.52. The Kier molecular flexibility index (Phi) is 4.82. The van der Waals surface area contributed by atoms with Crippen LogP contribution in [0.25, 0.3) is 6.08 Å². The van der Waals surface area contributed by atoms with Crippen LogP contribution in [0.15, 0.2) is 48.5 Å². The molecule has 2 aromatic carbocycles. The van der Waals surface area contributed by atoms with Crippen molar-refractivity contribution >= 4 is 12.0 Å². The number of aryl methyl sites for hydroxylation is 1. The summed E-state index contributed by atoms with van der Waals surface area (Å²) >= 11 is 0. The average molecular weight is 287 g/mol. The van der Waals surface area contributed by atoms with Crippen LogP contribution in [0.3, 0.4) is 0 Å². The minimum Gasteiger partial charge on any atom is -0.348 e. The number of benzene rings is 2. The Morgan fingerprint density at radius 2 is 1.90 bits per heavy atom. The number of carbonyl (C=O) groups is 1. The fourth-order valence-corrected chi connectivity index (χ4v) is 1.84. The van der Waals surface area contributed by atoms with Crippen LogP contribution >= 0.6 is 0 Å². The van der Waals surface area contributed by atoms with E-state index in [0.717, 1.165) is 5.56 Å². The molecule has 0 fully saturated rings. The maximum absolute atomic E-state index is 13.4. The molecule has 0 saturated carbocycles. The normalized spacial score (nSPS) is 10.8. The number of hydrogen-bond acceptors (Lipinski definition) is 1. The van der Waals surface area contributed by atoms with Crippen molar-refractivity contribution in [2.75, 3.05) is 0 Å². The van der Waals surface area contributed by atoms with Crippen molar-refractivity contribution in [3.8, 4) is 0 Å². The molecule has 4 heteroatoms. The lowest BCUT2D eigenvalue weighted by atomic mass is 10.1. The number of rotatable bonds is 4. The number of carbonyl (C=O) groups excluding carboxylic acids is 1. The lowest BCUT2D eigenvalue weighted by molar-refractivity contribution is -0.116. The SMILES string of the molecule is Cc1cc(CNC(=O)/C=C/c2ccccc2F)ccc1F. The fraction of sp³-hybridized carbons (Fsp3) is 0.118. The van der Waals surface area contributed by atoms with Crippen LogP contribution in [0.1, 0.15) is 16.7 Å². The molecule has 0 aliphatic heterocycles. The highest BCUT2D eigenvalue weighted by Gasteiger charge is 2.01. The molecule has 0 aliphatic rings. The monoisotopic (exact) mass is 287 g/mol. The lowest BCUT2D eigenvalue weighted by Crippen LogP contribution is -2.20. The van der Waals surface area contributed by atoms with E-state index in [-0.39, 0.29) is 17.5 Å². The molecule has 108 valence electrons. The van der Waals surface area contributed by atoms with Gasteiger partial charge in [-0.05, 0) is 36.3 Å². The van der Waals surface area contributed by atoms with Crippen molar-refractivity contribution in [1.82, 2.24) is 5.32 Å². The van der Waals surface area contributed by atoms with Crippen LogP contribution in [-0.4, -0.2) is 5.91 Å². The Morgan fingerprint density at radius 3 is 2.62 bits per heavy atom. The van der Waals surface area contributed by atoms with Crippen molar-refractivity contribution in [2.24, 2.45) is 0 Å². The zero-order valence-electron chi connectivity index (χ0n) is 11.6. The third-order valence-corrected chi connectivity index (χ3v) is 3.01. The molecular formula is C17H15F2NO. The van der Waals surface area contributed by atoms with E-state index in [4.69, 9.17) is 0 Å². The van der Waals surface area contributed by atoms with Gasteiger partial charge >= 0.3 is 0 Å². The van der Waals surface area contributed by atoms with Gasteiger partial charge in [-0.1, -0.05) is 30.3 Å². The van der Waals surface area contributed by atoms with Gasteiger partial charge in [0.25, 0.3) is 0 Å². The first-order chi connectivity index (χ1) is 10.1. The van der Waals surface area contributed by atoms with Gasteiger partial charge in [0.15, 0.2) is 0 Å². The average Bonchev–Trinajstić information content (AvgIpc) is 2.47. The molecule has 2 aromatic rings. The number of hydrogen-bond donors (Lipinski definition) is 1. The summed E-state index contributed by atoms with van der Waals surface area (Å²) in [5, 5.41) is 2.66. The second kappa shape index (κ2) is 6.79. The molecule has 0 unspecified atom stereocenters. The third kappa shape index (κ3) is 4.24. The smallest absolute Gasteiger partial charge is 0.244 e. The van der Waals surface area contributed by atoms with E-state index in [9.17, 15) is 13.6 Å². The summed E-state index contributed by atoms with van der Waals surface area (Å²) in [6.07, 6.45) is 2.69. The van der Waals surface area contributed by atoms with Gasteiger partial charge in [-0.25, -0.2) is 8.78 Å². The molecule has 21 heavy (non-hydrogen) atoms. The van der Waals surface area contributed by atoms with Crippen LogP contribution in [0.4, 0.5) is 8.78 Å². The number of halogens is 2. The van der Waals surface area contributed by atoms with Crippen LogP contribution in [0, 0.1) is 18.6 Å². The van der Waals surface area contributed by atoms with E-state index >= 15 is 0 Å². The largest absolute Gasteiger partial charge is 0.348 e. The Morgan fingerprint density at radius 1 is 1.14 bits per heavy atom. The van der Waals surface area contributed by atoms with Crippen molar-refractivity contribution in [3.05, 3.63) is 76.9 Å². The molecule has 0 spiro atoms. The summed E-state index contributed by atoms with van der Waals surface area (Å²) in [7, 11) is 0. The van der Waals surface area contributed by atoms with Crippen LogP contribution in [0.5, 0.6) is 0 Å². The highest BCUT2D eigenvalue weighted by Crippen LogP contribution is 2.09. The molecule has 0 aromatic heterocycles. The molecule has 0 saturated heterocycles. The van der Waals surface area contributed by atoms with Gasteiger partial charge in [0.05, 0.1) is 0 Å². The van der Waals surface area contributed by atoms with Crippen LogP contribution < -0.4 is 5.32 Å². The van der Waals surface area contributed by atoms with Gasteiger partial charge in [-0.15, -0.1) is 0 Å². The molecule has 0 radical (unpaired) electrons. The Bertz CT molecular complexity index is 680. The Labute approximate surface area is 122 Å². The second-order valence-electron chi connectivity index (χ2n) is 4.66. The summed E-state index contributed by atoms with van der Waals surface area (Å²) in [4.78, 5) is 11.7. The van der Waals surface area contributed by atoms with E-state index in [1.165, 1.54) is 24.3 Å². The van der Waals surface area contributed by atoms with Crippen molar-refractivity contribution in [1.29, 1.82) is 0 Å². The molecular weight excluding hydrogens is 272 g/mol. The molecule has 2 nitrogen and oxygen atoms in total. The molecule has 1 N–H and O–H groups in total. The molecule has 0 atom stereocenters. The van der Waals surface area contributed by atoms with E-state index < -0.39 is 0 Å². The topological polar surface area (TPSA) is 29.1 Å². The van der Waals surface area contributed by atoms with Crippen LogP contribution in [0.2, 0.25) is 0 Å². The van der Waals surface area contributed by atoms with Gasteiger partial charge < -0.3 is 5.32 Å². The van der Waals surface area contributed by atoms with Crippen LogP contribution in [-0.2, 0) is 11.3 Å². The van der Waals surface area contributed by atoms with E-state index in [2.05, 4.69) is 5.32 Å². The van der Waals surface area contributed by atoms with Gasteiger partial charge in [-0.2, -0.15) is 0 Å². The number of amides is 1. The molecule has 0 bridgehead atoms. The van der Waals surface area contributed by atoms with Gasteiger partial charge in [-0.3, -0.25) is 4.79 Å². The fourth-order valence-electron chi connectivity index (χ4n) is 1.84. The quantitative estimate of drug-likeness (QED) is 0.855. The van der Waals surface area contributed by atoms with Crippen molar-refractivity contribution < 1.29 is 13.6 Å². The van der Waals surface area contributed by atoms with E-state index in [1.807, 2.05) is 0 Å². The lowest BCUT2D eigenvalue weighted by Gasteiger charge is -2.04. The number of nitrogens with one attached hydrogen (secondary N) is 1. The minimum absolute atomic E-state index is 0.274. The summed E-state index contributed by atoms with van der Waals surface area (Å²) in [5.74, 6) is -0.986. The maximum atomic E-state index is 13.4. The third-order valence-electron chi connectivity index (χ3n) is 3.01. The first-order valence-corrected chi connectivity index (χ1v) is 6.52. The minimum atomic E-state index is -0.379. The van der Waals surface area contributed by atoms with E-state index in [0.29, 0.717) is 17.7 Å². The first kappa shape index (κ1) is 14.9. The molecule has 1 amide bonds. The van der Waals surface area contributed by atoms with E-state index in [1.54, 1.807) is 37.3 Å². The highest BCUT2D eigenvalue weighted by molar-refractivity contribution is 5.91. The summed E-state index contributed by atoms with van der Waals surface area (Å²) in [6, 6.07) is 10.9. The van der Waals surface area contributed by atoms with Gasteiger partial charge in [0.2, 0.25) is 5.91 Å². The zero-order chi connectivity index (χ0) is 15.2. The standard InChI is InChI=1S/C17H15F2NO/c1-12-10-13(6-8-15(12)18)11-20-17(21)9-7-14-4-2-3-5-16(14)19/h2-10H,11H2,1H3,(H,20,21)/b9-7+. The van der Waals surface area contributed by atoms with Crippen molar-refractivity contribution in [2.45, 2.75) is 13.5 Å². The predicted octanol–water partition coefficient (Wildman–Crippen LogP) is 3.60. The Hall–Kier alpha value is -2.49. The molecule has 2 rings (SSSR count). The van der Waals surface area contributed by atoms with Crippen molar-refractivity contribution in [3.63, 3.8) is 0 Å². The van der Waals surface area contributed by atoms with Gasteiger partial charge in [0, 0.05) is 18.2 Å².